The first kappa shape index (κ1) is 53.2. The summed E-state index contributed by atoms with van der Waals surface area (Å²) in [5.41, 5.74) is 17.9. The van der Waals surface area contributed by atoms with Crippen LogP contribution in [0, 0.1) is 23.7 Å². The lowest BCUT2D eigenvalue weighted by molar-refractivity contribution is -0.140. The molecule has 4 aromatic rings. The van der Waals surface area contributed by atoms with Crippen molar-refractivity contribution in [2.45, 2.75) is 79.9 Å². The Hall–Kier alpha value is -8.16. The highest BCUT2D eigenvalue weighted by atomic mass is 16.5. The molecule has 1 unspecified atom stereocenters. The minimum absolute atomic E-state index is 0.00515. The monoisotopic (exact) mass is 1050 g/mol. The number of carbonyl (C=O) groups is 1. The van der Waals surface area contributed by atoms with Crippen molar-refractivity contribution in [1.82, 2.24) is 15.3 Å². The number of ether oxygens (including phenoxy) is 6. The van der Waals surface area contributed by atoms with E-state index in [0.717, 1.165) is 119 Å². The van der Waals surface area contributed by atoms with Crippen LogP contribution in [0.5, 0.6) is 11.5 Å². The molecule has 6 aliphatic rings. The largest absolute Gasteiger partial charge is 0.511 e. The summed E-state index contributed by atoms with van der Waals surface area (Å²) in [7, 11) is 4.68. The zero-order valence-electron chi connectivity index (χ0n) is 45.7. The highest BCUT2D eigenvalue weighted by Crippen LogP contribution is 2.47. The van der Waals surface area contributed by atoms with Crippen LogP contribution < -0.4 is 20.1 Å². The summed E-state index contributed by atoms with van der Waals surface area (Å²) >= 11 is 0. The minimum Gasteiger partial charge on any atom is -0.511 e. The summed E-state index contributed by atoms with van der Waals surface area (Å²) in [5.74, 6) is 8.39. The van der Waals surface area contributed by atoms with E-state index in [4.69, 9.17) is 43.4 Å². The van der Waals surface area contributed by atoms with E-state index in [2.05, 4.69) is 97.4 Å². The number of nitrogens with one attached hydrogen (secondary N) is 2. The summed E-state index contributed by atoms with van der Waals surface area (Å²) in [5, 5.41) is 19.5. The van der Waals surface area contributed by atoms with Gasteiger partial charge in [-0.15, -0.1) is 0 Å². The van der Waals surface area contributed by atoms with E-state index in [1.54, 1.807) is 14.2 Å². The van der Waals surface area contributed by atoms with Crippen molar-refractivity contribution in [3.8, 4) is 23.3 Å². The lowest BCUT2D eigenvalue weighted by atomic mass is 9.86. The number of anilines is 2. The smallest absolute Gasteiger partial charge is 0.305 e. The fourth-order valence-corrected chi connectivity index (χ4v) is 10.8. The van der Waals surface area contributed by atoms with E-state index in [9.17, 15) is 9.90 Å². The Bertz CT molecular complexity index is 3540. The van der Waals surface area contributed by atoms with Gasteiger partial charge in [-0.05, 0) is 123 Å². The lowest BCUT2D eigenvalue weighted by Crippen LogP contribution is -2.16. The quantitative estimate of drug-likeness (QED) is 0.0488. The van der Waals surface area contributed by atoms with Crippen LogP contribution in [0.2, 0.25) is 0 Å². The maximum absolute atomic E-state index is 12.5. The number of aliphatic hydroxyl groups excluding tert-OH is 1. The summed E-state index contributed by atoms with van der Waals surface area (Å²) in [6.45, 7) is 14.6. The molecule has 6 heterocycles. The number of rotatable bonds is 18. The van der Waals surface area contributed by atoms with Crippen molar-refractivity contribution < 1.29 is 38.3 Å². The highest BCUT2D eigenvalue weighted by molar-refractivity contribution is 6.21. The Kier molecular flexibility index (Phi) is 15.8. The number of aromatic nitrogens is 2. The first-order valence-corrected chi connectivity index (χ1v) is 26.5. The molecule has 0 amide bonds. The molecule has 3 atom stereocenters. The molecule has 15 nitrogen and oxygen atoms in total. The maximum atomic E-state index is 12.5. The Balaban J connectivity index is 0.880. The third-order valence-electron chi connectivity index (χ3n) is 15.1. The Morgan fingerprint density at radius 2 is 1.56 bits per heavy atom. The van der Waals surface area contributed by atoms with Gasteiger partial charge in [0, 0.05) is 95.3 Å². The average molecular weight is 1050 g/mol. The number of esters is 1. The second-order valence-electron chi connectivity index (χ2n) is 20.0. The van der Waals surface area contributed by atoms with Crippen molar-refractivity contribution in [3.05, 3.63) is 175 Å². The van der Waals surface area contributed by atoms with Gasteiger partial charge in [-0.1, -0.05) is 43.9 Å². The Labute approximate surface area is 455 Å². The summed E-state index contributed by atoms with van der Waals surface area (Å²) in [4.78, 5) is 37.4. The molecule has 1 fully saturated rings. The van der Waals surface area contributed by atoms with Gasteiger partial charge in [0.05, 0.1) is 72.8 Å². The predicted molar refractivity (Wildman–Crippen MR) is 304 cm³/mol. The van der Waals surface area contributed by atoms with Crippen LogP contribution in [0.4, 0.5) is 11.5 Å². The van der Waals surface area contributed by atoms with Gasteiger partial charge in [0.2, 0.25) is 0 Å². The zero-order chi connectivity index (χ0) is 54.6. The average Bonchev–Trinajstić information content (AvgIpc) is 4.35. The first-order valence-electron chi connectivity index (χ1n) is 26.5. The van der Waals surface area contributed by atoms with E-state index in [1.165, 1.54) is 13.4 Å². The number of aliphatic hydroxyl groups is 1. The summed E-state index contributed by atoms with van der Waals surface area (Å²) in [6.07, 6.45) is 9.44. The predicted octanol–water partition coefficient (Wildman–Crippen LogP) is 11.4. The molecule has 10 rings (SSSR count). The summed E-state index contributed by atoms with van der Waals surface area (Å²) in [6, 6.07) is 19.7. The number of aliphatic imine (C=N–C) groups is 3. The van der Waals surface area contributed by atoms with Gasteiger partial charge in [-0.2, -0.15) is 0 Å². The van der Waals surface area contributed by atoms with Gasteiger partial charge in [-0.25, -0.2) is 24.9 Å². The molecular formula is C63H65N7O8. The molecule has 1 saturated heterocycles. The van der Waals surface area contributed by atoms with Gasteiger partial charge in [0.25, 0.3) is 0 Å². The zero-order valence-corrected chi connectivity index (χ0v) is 45.7. The molecular weight excluding hydrogens is 983 g/mol. The third kappa shape index (κ3) is 10.9. The number of methoxy groups -OCH3 is 3. The molecule has 400 valence electrons. The van der Waals surface area contributed by atoms with Crippen LogP contribution in [0.1, 0.15) is 83.9 Å². The van der Waals surface area contributed by atoms with Gasteiger partial charge in [-0.3, -0.25) is 4.79 Å². The number of allylic oxidation sites excluding steroid dienone is 11. The number of nitrogens with zero attached hydrogens (tertiary/aromatic N) is 5. The van der Waals surface area contributed by atoms with Crippen molar-refractivity contribution in [1.29, 1.82) is 0 Å². The van der Waals surface area contributed by atoms with Gasteiger partial charge < -0.3 is 44.2 Å². The number of hydrogen-bond donors (Lipinski definition) is 3. The second-order valence-corrected chi connectivity index (χ2v) is 20.0. The molecule has 3 N–H and O–H groups in total. The Morgan fingerprint density at radius 3 is 2.31 bits per heavy atom. The molecule has 0 saturated carbocycles. The van der Waals surface area contributed by atoms with Crippen LogP contribution in [0.15, 0.2) is 173 Å². The van der Waals surface area contributed by atoms with Crippen LogP contribution in [0.3, 0.4) is 0 Å². The molecule has 0 spiro atoms. The van der Waals surface area contributed by atoms with Crippen LogP contribution >= 0.6 is 0 Å². The second kappa shape index (κ2) is 23.2. The van der Waals surface area contributed by atoms with Gasteiger partial charge >= 0.3 is 5.97 Å². The molecule has 15 heteroatoms. The fraction of sp³-hybridized carbons (Fsp3) is 0.333. The van der Waals surface area contributed by atoms with E-state index >= 15 is 0 Å². The van der Waals surface area contributed by atoms with E-state index in [0.29, 0.717) is 74.5 Å². The normalized spacial score (nSPS) is 18.8. The van der Waals surface area contributed by atoms with E-state index in [1.807, 2.05) is 55.5 Å². The van der Waals surface area contributed by atoms with E-state index < -0.39 is 0 Å². The molecule has 3 aromatic carbocycles. The topological polar surface area (TPSA) is 180 Å². The van der Waals surface area contributed by atoms with Crippen molar-refractivity contribution in [2.75, 3.05) is 53.1 Å². The van der Waals surface area contributed by atoms with E-state index in [-0.39, 0.29) is 30.3 Å². The molecule has 1 aliphatic carbocycles. The van der Waals surface area contributed by atoms with Crippen molar-refractivity contribution in [3.63, 3.8) is 0 Å². The van der Waals surface area contributed by atoms with Crippen molar-refractivity contribution in [2.24, 2.45) is 26.8 Å². The maximum Gasteiger partial charge on any atom is 0.305 e. The molecule has 78 heavy (non-hydrogen) atoms. The van der Waals surface area contributed by atoms with Crippen LogP contribution in [-0.4, -0.2) is 92.0 Å². The van der Waals surface area contributed by atoms with Crippen LogP contribution in [-0.2, 0) is 30.3 Å². The van der Waals surface area contributed by atoms with Gasteiger partial charge in [0.1, 0.15) is 31.1 Å². The lowest BCUT2D eigenvalue weighted by Gasteiger charge is -2.17. The summed E-state index contributed by atoms with van der Waals surface area (Å²) < 4.78 is 34.2. The van der Waals surface area contributed by atoms with Gasteiger partial charge in [0.15, 0.2) is 11.5 Å². The first-order chi connectivity index (χ1) is 37.8. The standard InChI is InChI=1S/C63H65N7O8/c1-10-44-35(2)48-31-54-59(37(4)50(68-54)29-49-36(3)45(20-21-58(72)75-9)61(69-49)47-27-55(71)60-38(5)51(70-62(47)60)30-53(44)67-48)39(6)78-33-42-18-15-40(16-19-42)14-17-41-12-11-13-43(26-41)66-63-46-28-56(76-24-22-73-7)57(77-25-23-74-8)32-52(46)64-34-65-63/h11-13,15-16,18-19,26,28-32,34,36,39,45,69,71H,10,20-25,27,33H2,1-9H3,(H,64,65,66)/t36-,39?,45-/m0/s1. The number of carbonyl (C=O) groups excluding carboxylic acids is 1. The fourth-order valence-electron chi connectivity index (χ4n) is 10.8. The molecule has 0 radical (unpaired) electrons. The molecule has 1 aromatic heterocycles. The number of fused-ring (bicyclic) bond motifs is 6. The molecule has 8 bridgehead atoms. The molecule has 5 aliphatic heterocycles. The minimum atomic E-state index is -0.330. The van der Waals surface area contributed by atoms with Crippen molar-refractivity contribution >= 4 is 45.5 Å². The number of hydrogen-bond acceptors (Lipinski definition) is 15. The SMILES string of the molecule is CCC1=C(C)C2=NC1=CC1=C(C)C3=C(O)CC(=C4NC(=CC5=NC(=C2)C(C(C)OCc2ccc(C#Cc6cccc(Nc7ncnc8cc(OCCOC)c(OCCOC)cc78)c6)cc2)=C5C)[C@@H](C)[C@@H]4CCC(=O)OC)C3=N1. The third-order valence-corrected chi connectivity index (χ3v) is 15.1. The van der Waals surface area contributed by atoms with Crippen LogP contribution in [0.25, 0.3) is 10.9 Å². The highest BCUT2D eigenvalue weighted by Gasteiger charge is 2.41. The number of benzene rings is 3. The Morgan fingerprint density at radius 1 is 0.833 bits per heavy atom.